The third kappa shape index (κ3) is 3.05. The van der Waals surface area contributed by atoms with Gasteiger partial charge in [-0.15, -0.1) is 0 Å². The summed E-state index contributed by atoms with van der Waals surface area (Å²) < 4.78 is 0. The number of piperidine rings is 1. The number of amides is 3. The van der Waals surface area contributed by atoms with E-state index in [9.17, 15) is 9.59 Å². The van der Waals surface area contributed by atoms with Gasteiger partial charge in [-0.25, -0.2) is 4.79 Å². The minimum absolute atomic E-state index is 0.101. The lowest BCUT2D eigenvalue weighted by atomic mass is 9.71. The second-order valence-corrected chi connectivity index (χ2v) is 8.64. The van der Waals surface area contributed by atoms with Crippen molar-refractivity contribution in [1.29, 1.82) is 0 Å². The number of urea groups is 1. The summed E-state index contributed by atoms with van der Waals surface area (Å²) in [5.74, 6) is -0.101. The Bertz CT molecular complexity index is 660. The molecule has 2 N–H and O–H groups in total. The third-order valence-electron chi connectivity index (χ3n) is 4.87. The van der Waals surface area contributed by atoms with Crippen molar-refractivity contribution in [2.45, 2.75) is 70.6 Å². The summed E-state index contributed by atoms with van der Waals surface area (Å²) >= 11 is 0. The van der Waals surface area contributed by atoms with Crippen LogP contribution in [0.4, 0.5) is 4.79 Å². The SMILES string of the molecule is Cc1ccc(CN2C(=O)NC3(CC(C)(C)NC(C)(C)C3)C2=O)cc1. The van der Waals surface area contributed by atoms with Crippen LogP contribution in [-0.4, -0.2) is 33.5 Å². The lowest BCUT2D eigenvalue weighted by Gasteiger charge is -2.50. The Morgan fingerprint density at radius 3 is 2.08 bits per heavy atom. The van der Waals surface area contributed by atoms with E-state index >= 15 is 0 Å². The predicted molar refractivity (Wildman–Crippen MR) is 93.5 cm³/mol. The second kappa shape index (κ2) is 5.31. The van der Waals surface area contributed by atoms with E-state index in [0.717, 1.165) is 11.1 Å². The summed E-state index contributed by atoms with van der Waals surface area (Å²) in [6.07, 6.45) is 1.19. The lowest BCUT2D eigenvalue weighted by molar-refractivity contribution is -0.135. The number of aryl methyl sites for hydroxylation is 1. The first-order valence-corrected chi connectivity index (χ1v) is 8.51. The Kier molecular flexibility index (Phi) is 3.75. The number of nitrogens with zero attached hydrogens (tertiary/aromatic N) is 1. The topological polar surface area (TPSA) is 61.4 Å². The van der Waals surface area contributed by atoms with E-state index in [-0.39, 0.29) is 23.0 Å². The van der Waals surface area contributed by atoms with Crippen molar-refractivity contribution in [2.24, 2.45) is 0 Å². The monoisotopic (exact) mass is 329 g/mol. The first kappa shape index (κ1) is 17.0. The molecule has 3 rings (SSSR count). The van der Waals surface area contributed by atoms with E-state index < -0.39 is 5.54 Å². The van der Waals surface area contributed by atoms with Crippen LogP contribution in [0.15, 0.2) is 24.3 Å². The van der Waals surface area contributed by atoms with Crippen molar-refractivity contribution in [1.82, 2.24) is 15.5 Å². The Labute approximate surface area is 143 Å². The van der Waals surface area contributed by atoms with Crippen LogP contribution < -0.4 is 10.6 Å². The molecule has 0 saturated carbocycles. The third-order valence-corrected chi connectivity index (χ3v) is 4.87. The summed E-state index contributed by atoms with van der Waals surface area (Å²) in [6, 6.07) is 7.66. The van der Waals surface area contributed by atoms with Crippen molar-refractivity contribution >= 4 is 11.9 Å². The van der Waals surface area contributed by atoms with Crippen LogP contribution in [0.2, 0.25) is 0 Å². The number of imide groups is 1. The largest absolute Gasteiger partial charge is 0.325 e. The molecule has 2 saturated heterocycles. The number of carbonyl (C=O) groups is 2. The van der Waals surface area contributed by atoms with Gasteiger partial charge >= 0.3 is 6.03 Å². The Morgan fingerprint density at radius 1 is 1.00 bits per heavy atom. The fourth-order valence-corrected chi connectivity index (χ4v) is 4.51. The number of hydrogen-bond acceptors (Lipinski definition) is 3. The highest BCUT2D eigenvalue weighted by molar-refractivity contribution is 6.07. The predicted octanol–water partition coefficient (Wildman–Crippen LogP) is 2.73. The van der Waals surface area contributed by atoms with E-state index in [0.29, 0.717) is 19.4 Å². The lowest BCUT2D eigenvalue weighted by Crippen LogP contribution is -2.68. The molecule has 0 aromatic heterocycles. The summed E-state index contributed by atoms with van der Waals surface area (Å²) in [5.41, 5.74) is 0.887. The molecule has 5 nitrogen and oxygen atoms in total. The van der Waals surface area contributed by atoms with Crippen LogP contribution in [0.25, 0.3) is 0 Å². The molecule has 2 aliphatic heterocycles. The minimum Gasteiger partial charge on any atom is -0.323 e. The molecule has 0 atom stereocenters. The first-order valence-electron chi connectivity index (χ1n) is 8.51. The molecule has 24 heavy (non-hydrogen) atoms. The molecule has 1 aromatic rings. The summed E-state index contributed by atoms with van der Waals surface area (Å²) in [4.78, 5) is 27.0. The second-order valence-electron chi connectivity index (χ2n) is 8.64. The molecule has 2 heterocycles. The van der Waals surface area contributed by atoms with Gasteiger partial charge in [0.25, 0.3) is 5.91 Å². The molecule has 1 aromatic carbocycles. The molecule has 5 heteroatoms. The van der Waals surface area contributed by atoms with Gasteiger partial charge in [-0.3, -0.25) is 9.69 Å². The quantitative estimate of drug-likeness (QED) is 0.820. The van der Waals surface area contributed by atoms with Gasteiger partial charge in [-0.2, -0.15) is 0 Å². The van der Waals surface area contributed by atoms with Crippen LogP contribution >= 0.6 is 0 Å². The standard InChI is InChI=1S/C19H27N3O2/c1-13-6-8-14(9-7-13)10-22-15(23)19(20-16(22)24)11-17(2,3)21-18(4,5)12-19/h6-9,21H,10-12H2,1-5H3,(H,20,24). The number of hydrogen-bond donors (Lipinski definition) is 2. The van der Waals surface area contributed by atoms with Gasteiger partial charge in [0.05, 0.1) is 6.54 Å². The highest BCUT2D eigenvalue weighted by Gasteiger charge is 2.58. The fourth-order valence-electron chi connectivity index (χ4n) is 4.51. The molecule has 2 aliphatic rings. The van der Waals surface area contributed by atoms with Gasteiger partial charge in [0.1, 0.15) is 5.54 Å². The highest BCUT2D eigenvalue weighted by Crippen LogP contribution is 2.40. The van der Waals surface area contributed by atoms with Gasteiger partial charge in [0.15, 0.2) is 0 Å². The van der Waals surface area contributed by atoms with E-state index in [2.05, 4.69) is 38.3 Å². The molecule has 0 bridgehead atoms. The molecule has 2 fully saturated rings. The average Bonchev–Trinajstić information content (AvgIpc) is 2.61. The van der Waals surface area contributed by atoms with Crippen LogP contribution in [0.1, 0.15) is 51.7 Å². The number of benzene rings is 1. The van der Waals surface area contributed by atoms with E-state index in [1.807, 2.05) is 31.2 Å². The van der Waals surface area contributed by atoms with Gasteiger partial charge in [0, 0.05) is 11.1 Å². The van der Waals surface area contributed by atoms with Crippen LogP contribution in [0, 0.1) is 6.92 Å². The van der Waals surface area contributed by atoms with Crippen molar-refractivity contribution in [3.8, 4) is 0 Å². The highest BCUT2D eigenvalue weighted by atomic mass is 16.2. The summed E-state index contributed by atoms with van der Waals surface area (Å²) in [5, 5.41) is 6.58. The summed E-state index contributed by atoms with van der Waals surface area (Å²) in [6.45, 7) is 10.7. The smallest absolute Gasteiger partial charge is 0.323 e. The maximum absolute atomic E-state index is 13.2. The van der Waals surface area contributed by atoms with Gasteiger partial charge in [0.2, 0.25) is 0 Å². The molecular weight excluding hydrogens is 302 g/mol. The van der Waals surface area contributed by atoms with Gasteiger partial charge in [-0.1, -0.05) is 29.8 Å². The molecule has 3 amide bonds. The zero-order chi connectivity index (χ0) is 17.8. The van der Waals surface area contributed by atoms with Crippen molar-refractivity contribution < 1.29 is 9.59 Å². The normalized spacial score (nSPS) is 24.3. The number of nitrogens with one attached hydrogen (secondary N) is 2. The number of rotatable bonds is 2. The zero-order valence-electron chi connectivity index (χ0n) is 15.2. The van der Waals surface area contributed by atoms with Crippen molar-refractivity contribution in [3.63, 3.8) is 0 Å². The van der Waals surface area contributed by atoms with Crippen molar-refractivity contribution in [3.05, 3.63) is 35.4 Å². The average molecular weight is 329 g/mol. The molecule has 0 radical (unpaired) electrons. The molecule has 0 aliphatic carbocycles. The van der Waals surface area contributed by atoms with Crippen LogP contribution in [0.5, 0.6) is 0 Å². The Hall–Kier alpha value is -1.88. The van der Waals surface area contributed by atoms with Gasteiger partial charge < -0.3 is 10.6 Å². The van der Waals surface area contributed by atoms with Crippen LogP contribution in [0.3, 0.4) is 0 Å². The van der Waals surface area contributed by atoms with E-state index in [1.54, 1.807) is 0 Å². The molecular formula is C19H27N3O2. The van der Waals surface area contributed by atoms with E-state index in [4.69, 9.17) is 0 Å². The molecule has 0 unspecified atom stereocenters. The fraction of sp³-hybridized carbons (Fsp3) is 0.579. The minimum atomic E-state index is -0.806. The van der Waals surface area contributed by atoms with Crippen molar-refractivity contribution in [2.75, 3.05) is 0 Å². The Balaban J connectivity index is 1.87. The van der Waals surface area contributed by atoms with E-state index in [1.165, 1.54) is 4.90 Å². The van der Waals surface area contributed by atoms with Gasteiger partial charge in [-0.05, 0) is 53.0 Å². The number of carbonyl (C=O) groups excluding carboxylic acids is 2. The maximum Gasteiger partial charge on any atom is 0.325 e. The summed E-state index contributed by atoms with van der Waals surface area (Å²) in [7, 11) is 0. The first-order chi connectivity index (χ1) is 11.0. The van der Waals surface area contributed by atoms with Crippen LogP contribution in [-0.2, 0) is 11.3 Å². The molecule has 130 valence electrons. The zero-order valence-corrected chi connectivity index (χ0v) is 15.2. The maximum atomic E-state index is 13.2. The Morgan fingerprint density at radius 2 is 1.54 bits per heavy atom. The molecule has 1 spiro atoms.